The number of ether oxygens (including phenoxy) is 2. The molecule has 1 saturated heterocycles. The van der Waals surface area contributed by atoms with Gasteiger partial charge in [-0.1, -0.05) is 18.2 Å². The van der Waals surface area contributed by atoms with Crippen molar-refractivity contribution in [2.45, 2.75) is 18.6 Å². The lowest BCUT2D eigenvalue weighted by atomic mass is 10.0. The van der Waals surface area contributed by atoms with Gasteiger partial charge in [0, 0.05) is 30.3 Å². The van der Waals surface area contributed by atoms with Crippen LogP contribution in [0.2, 0.25) is 0 Å². The first kappa shape index (κ1) is 22.0. The Kier molecular flexibility index (Phi) is 6.18. The van der Waals surface area contributed by atoms with Gasteiger partial charge < -0.3 is 24.3 Å². The van der Waals surface area contributed by atoms with Crippen LogP contribution < -0.4 is 14.8 Å². The average molecular weight is 471 g/mol. The van der Waals surface area contributed by atoms with Crippen molar-refractivity contribution in [3.63, 3.8) is 0 Å². The number of hydrogen-bond donors (Lipinski definition) is 1. The predicted octanol–water partition coefficient (Wildman–Crippen LogP) is 5.06. The van der Waals surface area contributed by atoms with E-state index < -0.39 is 0 Å². The molecule has 4 aromatic rings. The molecule has 0 unspecified atom stereocenters. The first-order valence-electron chi connectivity index (χ1n) is 11.1. The monoisotopic (exact) mass is 470 g/mol. The van der Waals surface area contributed by atoms with E-state index in [2.05, 4.69) is 62.4 Å². The zero-order valence-electron chi connectivity index (χ0n) is 19.1. The Bertz CT molecular complexity index is 1260. The highest BCUT2D eigenvalue weighted by Gasteiger charge is 2.41. The van der Waals surface area contributed by atoms with Crippen LogP contribution in [0.15, 0.2) is 91.3 Å². The van der Waals surface area contributed by atoms with E-state index in [1.54, 1.807) is 14.2 Å². The summed E-state index contributed by atoms with van der Waals surface area (Å²) in [6, 6.07) is 26.3. The van der Waals surface area contributed by atoms with E-state index in [0.29, 0.717) is 11.7 Å². The molecular formula is C27H26N4O2S. The number of nitrogens with one attached hydrogen (secondary N) is 1. The third-order valence-corrected chi connectivity index (χ3v) is 6.50. The summed E-state index contributed by atoms with van der Waals surface area (Å²) in [7, 11) is 3.35. The Morgan fingerprint density at radius 1 is 0.882 bits per heavy atom. The number of benzene rings is 2. The summed E-state index contributed by atoms with van der Waals surface area (Å²) >= 11 is 5.85. The molecule has 2 aromatic heterocycles. The quantitative estimate of drug-likeness (QED) is 0.381. The number of methoxy groups -OCH3 is 2. The van der Waals surface area contributed by atoms with E-state index >= 15 is 0 Å². The molecule has 34 heavy (non-hydrogen) atoms. The molecule has 1 fully saturated rings. The molecule has 5 rings (SSSR count). The number of nitrogens with zero attached hydrogens (tertiary/aromatic N) is 3. The van der Waals surface area contributed by atoms with Crippen LogP contribution in [-0.2, 0) is 6.54 Å². The molecule has 0 bridgehead atoms. The summed E-state index contributed by atoms with van der Waals surface area (Å²) in [6.45, 7) is 0.664. The largest absolute Gasteiger partial charge is 0.497 e. The van der Waals surface area contributed by atoms with E-state index in [4.69, 9.17) is 21.7 Å². The lowest BCUT2D eigenvalue weighted by Gasteiger charge is -2.29. The molecule has 0 radical (unpaired) electrons. The summed E-state index contributed by atoms with van der Waals surface area (Å²) in [5.74, 6) is 1.66. The molecular weight excluding hydrogens is 444 g/mol. The summed E-state index contributed by atoms with van der Waals surface area (Å²) in [5.41, 5.74) is 4.29. The Balaban J connectivity index is 1.56. The highest BCUT2D eigenvalue weighted by molar-refractivity contribution is 7.80. The highest BCUT2D eigenvalue weighted by Crippen LogP contribution is 2.40. The van der Waals surface area contributed by atoms with Gasteiger partial charge in [-0.05, 0) is 78.4 Å². The Labute approximate surface area is 204 Å². The SMILES string of the molecule is COc1ccc(CN2C(=S)N[C@H](c3ccccn3)[C@@H]2c2cccn2-c2ccc(OC)cc2)cc1. The summed E-state index contributed by atoms with van der Waals surface area (Å²) in [4.78, 5) is 6.90. The third kappa shape index (κ3) is 4.22. The van der Waals surface area contributed by atoms with E-state index in [-0.39, 0.29) is 12.1 Å². The molecule has 172 valence electrons. The molecule has 0 amide bonds. The van der Waals surface area contributed by atoms with Gasteiger partial charge in [0.25, 0.3) is 0 Å². The molecule has 1 N–H and O–H groups in total. The molecule has 1 aliphatic heterocycles. The van der Waals surface area contributed by atoms with Gasteiger partial charge in [0.15, 0.2) is 5.11 Å². The normalized spacial score (nSPS) is 17.5. The van der Waals surface area contributed by atoms with Gasteiger partial charge in [-0.25, -0.2) is 0 Å². The van der Waals surface area contributed by atoms with Gasteiger partial charge in [0.1, 0.15) is 11.5 Å². The van der Waals surface area contributed by atoms with Gasteiger partial charge in [0.2, 0.25) is 0 Å². The number of pyridine rings is 1. The summed E-state index contributed by atoms with van der Waals surface area (Å²) in [5, 5.41) is 4.24. The molecule has 6 nitrogen and oxygen atoms in total. The van der Waals surface area contributed by atoms with E-state index in [0.717, 1.165) is 34.1 Å². The maximum Gasteiger partial charge on any atom is 0.170 e. The predicted molar refractivity (Wildman–Crippen MR) is 136 cm³/mol. The molecule has 0 aliphatic carbocycles. The summed E-state index contributed by atoms with van der Waals surface area (Å²) in [6.07, 6.45) is 3.91. The van der Waals surface area contributed by atoms with Gasteiger partial charge in [-0.15, -0.1) is 0 Å². The van der Waals surface area contributed by atoms with Crippen molar-refractivity contribution in [2.24, 2.45) is 0 Å². The van der Waals surface area contributed by atoms with Crippen molar-refractivity contribution < 1.29 is 9.47 Å². The second-order valence-electron chi connectivity index (χ2n) is 8.10. The third-order valence-electron chi connectivity index (χ3n) is 6.14. The van der Waals surface area contributed by atoms with Crippen LogP contribution >= 0.6 is 12.2 Å². The van der Waals surface area contributed by atoms with Crippen LogP contribution in [0.5, 0.6) is 11.5 Å². The topological polar surface area (TPSA) is 51.5 Å². The molecule has 1 aliphatic rings. The van der Waals surface area contributed by atoms with Crippen LogP contribution in [0.1, 0.15) is 29.0 Å². The minimum Gasteiger partial charge on any atom is -0.497 e. The van der Waals surface area contributed by atoms with Crippen molar-refractivity contribution in [3.05, 3.63) is 108 Å². The van der Waals surface area contributed by atoms with Crippen molar-refractivity contribution >= 4 is 17.3 Å². The maximum atomic E-state index is 5.85. The number of rotatable bonds is 7. The fraction of sp³-hybridized carbons (Fsp3) is 0.185. The first-order chi connectivity index (χ1) is 16.7. The summed E-state index contributed by atoms with van der Waals surface area (Å²) < 4.78 is 12.9. The zero-order chi connectivity index (χ0) is 23.5. The molecule has 3 heterocycles. The minimum absolute atomic E-state index is 0.0541. The number of hydrogen-bond acceptors (Lipinski definition) is 4. The van der Waals surface area contributed by atoms with Crippen LogP contribution in [0.25, 0.3) is 5.69 Å². The Morgan fingerprint density at radius 3 is 2.24 bits per heavy atom. The van der Waals surface area contributed by atoms with Crippen molar-refractivity contribution in [1.29, 1.82) is 0 Å². The maximum absolute atomic E-state index is 5.85. The fourth-order valence-corrected chi connectivity index (χ4v) is 4.74. The van der Waals surface area contributed by atoms with Gasteiger partial charge in [0.05, 0.1) is 32.0 Å². The standard InChI is InChI=1S/C27H26N4O2S/c1-32-21-12-8-19(9-13-21)18-31-26(25(29-27(31)34)23-6-3-4-16-28-23)24-7-5-17-30(24)20-10-14-22(33-2)15-11-20/h3-17,25-26H,18H2,1-2H3,(H,29,34)/t25-,26+/m1/s1. The van der Waals surface area contributed by atoms with Crippen LogP contribution in [-0.4, -0.2) is 33.8 Å². The molecule has 2 aromatic carbocycles. The van der Waals surface area contributed by atoms with Crippen LogP contribution in [0.3, 0.4) is 0 Å². The molecule has 0 saturated carbocycles. The van der Waals surface area contributed by atoms with E-state index in [1.165, 1.54) is 0 Å². The van der Waals surface area contributed by atoms with Gasteiger partial charge in [-0.2, -0.15) is 0 Å². The number of thiocarbonyl (C=S) groups is 1. The smallest absolute Gasteiger partial charge is 0.170 e. The lowest BCUT2D eigenvalue weighted by Crippen LogP contribution is -2.30. The second kappa shape index (κ2) is 9.57. The zero-order valence-corrected chi connectivity index (χ0v) is 19.9. The average Bonchev–Trinajstić information content (AvgIpc) is 3.49. The Morgan fingerprint density at radius 2 is 1.59 bits per heavy atom. The fourth-order valence-electron chi connectivity index (χ4n) is 4.44. The number of aromatic nitrogens is 2. The van der Waals surface area contributed by atoms with E-state index in [1.807, 2.05) is 48.7 Å². The molecule has 7 heteroatoms. The van der Waals surface area contributed by atoms with Crippen molar-refractivity contribution in [2.75, 3.05) is 14.2 Å². The first-order valence-corrected chi connectivity index (χ1v) is 11.5. The van der Waals surface area contributed by atoms with Crippen molar-refractivity contribution in [1.82, 2.24) is 19.8 Å². The van der Waals surface area contributed by atoms with Crippen LogP contribution in [0, 0.1) is 0 Å². The van der Waals surface area contributed by atoms with Gasteiger partial charge in [-0.3, -0.25) is 4.98 Å². The minimum atomic E-state index is -0.0844. The lowest BCUT2D eigenvalue weighted by molar-refractivity contribution is 0.302. The highest BCUT2D eigenvalue weighted by atomic mass is 32.1. The van der Waals surface area contributed by atoms with Gasteiger partial charge >= 0.3 is 0 Å². The van der Waals surface area contributed by atoms with Crippen molar-refractivity contribution in [3.8, 4) is 17.2 Å². The van der Waals surface area contributed by atoms with Crippen LogP contribution in [0.4, 0.5) is 0 Å². The molecule has 2 atom stereocenters. The second-order valence-corrected chi connectivity index (χ2v) is 8.49. The Hall–Kier alpha value is -3.84. The van der Waals surface area contributed by atoms with E-state index in [9.17, 15) is 0 Å². The molecule has 0 spiro atoms.